The normalized spacial score (nSPS) is 14.3. The third-order valence-corrected chi connectivity index (χ3v) is 5.80. The molecule has 4 heteroatoms. The molecular weight excluding hydrogens is 387 g/mol. The lowest BCUT2D eigenvalue weighted by molar-refractivity contribution is 0.413. The molecule has 0 fully saturated rings. The number of halogens is 1. The van der Waals surface area contributed by atoms with Crippen LogP contribution in [-0.2, 0) is 6.54 Å². The Bertz CT molecular complexity index is 1160. The van der Waals surface area contributed by atoms with Crippen molar-refractivity contribution in [3.63, 3.8) is 0 Å². The summed E-state index contributed by atoms with van der Waals surface area (Å²) in [6.07, 6.45) is 2.26. The number of nitrogens with one attached hydrogen (secondary N) is 2. The van der Waals surface area contributed by atoms with Gasteiger partial charge in [0.2, 0.25) is 0 Å². The van der Waals surface area contributed by atoms with Gasteiger partial charge < -0.3 is 15.4 Å². The summed E-state index contributed by atoms with van der Waals surface area (Å²) in [5.41, 5.74) is 8.76. The summed E-state index contributed by atoms with van der Waals surface area (Å²) >= 11 is 0. The highest BCUT2D eigenvalue weighted by Crippen LogP contribution is 2.42. The molecule has 0 aromatic heterocycles. The number of benzene rings is 3. The molecule has 3 aromatic carbocycles. The van der Waals surface area contributed by atoms with Gasteiger partial charge in [-0.3, -0.25) is 0 Å². The van der Waals surface area contributed by atoms with Gasteiger partial charge >= 0.3 is 0 Å². The highest BCUT2D eigenvalue weighted by Gasteiger charge is 2.26. The van der Waals surface area contributed by atoms with Crippen molar-refractivity contribution < 1.29 is 9.13 Å². The molecule has 3 aromatic rings. The Balaban J connectivity index is 1.88. The van der Waals surface area contributed by atoms with Crippen LogP contribution < -0.4 is 15.4 Å². The molecule has 0 bridgehead atoms. The zero-order valence-corrected chi connectivity index (χ0v) is 18.8. The molecule has 0 spiro atoms. The summed E-state index contributed by atoms with van der Waals surface area (Å²) in [6, 6.07) is 17.2. The molecule has 4 rings (SSSR count). The molecule has 3 nitrogen and oxygen atoms in total. The average Bonchev–Trinajstić information content (AvgIpc) is 2.72. The largest absolute Gasteiger partial charge is 0.496 e. The lowest BCUT2D eigenvalue weighted by Crippen LogP contribution is -2.32. The minimum atomic E-state index is -0.308. The Morgan fingerprint density at radius 3 is 2.48 bits per heavy atom. The Morgan fingerprint density at radius 2 is 1.74 bits per heavy atom. The van der Waals surface area contributed by atoms with Crippen LogP contribution in [0.4, 0.5) is 15.8 Å². The third kappa shape index (κ3) is 4.15. The minimum absolute atomic E-state index is 0.118. The third-order valence-electron chi connectivity index (χ3n) is 5.80. The Labute approximate surface area is 184 Å². The number of para-hydroxylation sites is 1. The second-order valence-electron chi connectivity index (χ2n) is 8.70. The first kappa shape index (κ1) is 21.0. The fraction of sp³-hybridized carbons (Fsp3) is 0.259. The summed E-state index contributed by atoms with van der Waals surface area (Å²) in [4.78, 5) is 0. The molecule has 2 N–H and O–H groups in total. The molecule has 0 unspecified atom stereocenters. The number of hydrogen-bond donors (Lipinski definition) is 2. The van der Waals surface area contributed by atoms with Gasteiger partial charge in [0.15, 0.2) is 0 Å². The maximum atomic E-state index is 13.9. The second-order valence-corrected chi connectivity index (χ2v) is 8.70. The van der Waals surface area contributed by atoms with Crippen LogP contribution in [0.2, 0.25) is 0 Å². The van der Waals surface area contributed by atoms with E-state index in [9.17, 15) is 4.39 Å². The number of fused-ring (bicyclic) bond motifs is 1. The predicted molar refractivity (Wildman–Crippen MR) is 128 cm³/mol. The van der Waals surface area contributed by atoms with Crippen molar-refractivity contribution in [2.24, 2.45) is 0 Å². The maximum absolute atomic E-state index is 13.9. The molecule has 31 heavy (non-hydrogen) atoms. The minimum Gasteiger partial charge on any atom is -0.496 e. The van der Waals surface area contributed by atoms with Gasteiger partial charge in [-0.1, -0.05) is 30.3 Å². The first-order chi connectivity index (χ1) is 14.8. The predicted octanol–water partition coefficient (Wildman–Crippen LogP) is 7.03. The van der Waals surface area contributed by atoms with Crippen molar-refractivity contribution in [3.8, 4) is 16.9 Å². The molecule has 0 aliphatic carbocycles. The summed E-state index contributed by atoms with van der Waals surface area (Å²) in [5, 5.41) is 7.25. The van der Waals surface area contributed by atoms with Crippen LogP contribution in [0.3, 0.4) is 0 Å². The molecule has 0 saturated heterocycles. The topological polar surface area (TPSA) is 33.3 Å². The monoisotopic (exact) mass is 416 g/mol. The number of hydrogen-bond acceptors (Lipinski definition) is 3. The van der Waals surface area contributed by atoms with Gasteiger partial charge in [0.05, 0.1) is 12.6 Å². The van der Waals surface area contributed by atoms with Crippen LogP contribution in [0, 0.1) is 12.7 Å². The lowest BCUT2D eigenvalue weighted by Gasteiger charge is -2.33. The van der Waals surface area contributed by atoms with E-state index in [-0.39, 0.29) is 11.4 Å². The Morgan fingerprint density at radius 1 is 1.00 bits per heavy atom. The number of methoxy groups -OCH3 is 1. The van der Waals surface area contributed by atoms with Crippen LogP contribution in [0.1, 0.15) is 37.5 Å². The van der Waals surface area contributed by atoms with Crippen molar-refractivity contribution in [1.82, 2.24) is 0 Å². The van der Waals surface area contributed by atoms with E-state index in [1.165, 1.54) is 28.8 Å². The zero-order valence-electron chi connectivity index (χ0n) is 18.8. The van der Waals surface area contributed by atoms with E-state index in [1.54, 1.807) is 13.2 Å². The molecule has 0 atom stereocenters. The van der Waals surface area contributed by atoms with Gasteiger partial charge in [0.1, 0.15) is 11.6 Å². The molecular formula is C27H29FN2O. The fourth-order valence-electron chi connectivity index (χ4n) is 4.48. The summed E-state index contributed by atoms with van der Waals surface area (Å²) in [6.45, 7) is 9.23. The first-order valence-corrected chi connectivity index (χ1v) is 10.6. The molecule has 160 valence electrons. The number of anilines is 2. The maximum Gasteiger partial charge on any atom is 0.129 e. The van der Waals surface area contributed by atoms with E-state index < -0.39 is 0 Å². The van der Waals surface area contributed by atoms with E-state index in [0.717, 1.165) is 28.1 Å². The fourth-order valence-corrected chi connectivity index (χ4v) is 4.48. The number of ether oxygens (including phenoxy) is 1. The Hall–Kier alpha value is -3.27. The van der Waals surface area contributed by atoms with E-state index >= 15 is 0 Å². The van der Waals surface area contributed by atoms with Gasteiger partial charge in [0.25, 0.3) is 0 Å². The Kier molecular flexibility index (Phi) is 5.48. The number of rotatable bonds is 5. The summed E-state index contributed by atoms with van der Waals surface area (Å²) < 4.78 is 19.4. The SMILES string of the molecule is COc1cc(F)ccc1-c1ccc2c(c1CNc1ccccc1C)C(C)=CC(C)(C)N2. The lowest BCUT2D eigenvalue weighted by atomic mass is 9.85. The molecule has 0 amide bonds. The molecule has 0 radical (unpaired) electrons. The standard InChI is InChI=1S/C27H29FN2O/c1-17-8-6-7-9-23(17)29-16-22-20(21-11-10-19(28)14-25(21)31-5)12-13-24-26(22)18(2)15-27(3,4)30-24/h6-15,29-30H,16H2,1-5H3. The quantitative estimate of drug-likeness (QED) is 0.468. The summed E-state index contributed by atoms with van der Waals surface area (Å²) in [5.74, 6) is 0.223. The van der Waals surface area contributed by atoms with Crippen molar-refractivity contribution >= 4 is 16.9 Å². The highest BCUT2D eigenvalue weighted by molar-refractivity contribution is 5.88. The van der Waals surface area contributed by atoms with E-state index in [0.29, 0.717) is 12.3 Å². The van der Waals surface area contributed by atoms with E-state index in [1.807, 2.05) is 12.1 Å². The van der Waals surface area contributed by atoms with Gasteiger partial charge in [-0.05, 0) is 74.2 Å². The highest BCUT2D eigenvalue weighted by atomic mass is 19.1. The van der Waals surface area contributed by atoms with Crippen molar-refractivity contribution in [2.75, 3.05) is 17.7 Å². The van der Waals surface area contributed by atoms with Gasteiger partial charge in [-0.15, -0.1) is 0 Å². The van der Waals surface area contributed by atoms with Crippen molar-refractivity contribution in [1.29, 1.82) is 0 Å². The van der Waals surface area contributed by atoms with Crippen LogP contribution in [0.15, 0.2) is 60.7 Å². The molecule has 1 aliphatic rings. The van der Waals surface area contributed by atoms with Crippen LogP contribution in [0.5, 0.6) is 5.75 Å². The van der Waals surface area contributed by atoms with Crippen molar-refractivity contribution in [2.45, 2.75) is 39.8 Å². The molecule has 0 saturated carbocycles. The molecule has 1 aliphatic heterocycles. The number of allylic oxidation sites excluding steroid dienone is 1. The summed E-state index contributed by atoms with van der Waals surface area (Å²) in [7, 11) is 1.58. The van der Waals surface area contributed by atoms with E-state index in [2.05, 4.69) is 68.7 Å². The number of aryl methyl sites for hydroxylation is 1. The second kappa shape index (κ2) is 8.10. The van der Waals surface area contributed by atoms with Crippen molar-refractivity contribution in [3.05, 3.63) is 83.2 Å². The molecule has 1 heterocycles. The smallest absolute Gasteiger partial charge is 0.129 e. The van der Waals surface area contributed by atoms with Gasteiger partial charge in [-0.25, -0.2) is 4.39 Å². The van der Waals surface area contributed by atoms with Gasteiger partial charge in [0, 0.05) is 35.1 Å². The van der Waals surface area contributed by atoms with Gasteiger partial charge in [-0.2, -0.15) is 0 Å². The van der Waals surface area contributed by atoms with Crippen LogP contribution in [-0.4, -0.2) is 12.6 Å². The van der Waals surface area contributed by atoms with Crippen LogP contribution >= 0.6 is 0 Å². The van der Waals surface area contributed by atoms with Crippen LogP contribution in [0.25, 0.3) is 16.7 Å². The average molecular weight is 417 g/mol. The zero-order chi connectivity index (χ0) is 22.2. The van der Waals surface area contributed by atoms with E-state index in [4.69, 9.17) is 4.74 Å². The first-order valence-electron chi connectivity index (χ1n) is 10.6.